The van der Waals surface area contributed by atoms with E-state index in [1.54, 1.807) is 0 Å². The Morgan fingerprint density at radius 2 is 1.70 bits per heavy atom. The first-order chi connectivity index (χ1) is 17.5. The lowest BCUT2D eigenvalue weighted by molar-refractivity contribution is 0.0462. The molecule has 1 saturated heterocycles. The number of hydrogen-bond donors (Lipinski definition) is 1. The van der Waals surface area contributed by atoms with Crippen LogP contribution in [0.1, 0.15) is 35.3 Å². The number of hydrogen-bond acceptors (Lipinski definition) is 9. The third kappa shape index (κ3) is 6.10. The molecular formula is C25H26ClN2O7PS. The molecule has 9 nitrogen and oxygen atoms in total. The highest BCUT2D eigenvalue weighted by atomic mass is 35.5. The van der Waals surface area contributed by atoms with E-state index < -0.39 is 13.6 Å². The Labute approximate surface area is 224 Å². The number of carboxylic acid groups (broad SMARTS) is 1. The van der Waals surface area contributed by atoms with Gasteiger partial charge in [0.25, 0.3) is 0 Å². The van der Waals surface area contributed by atoms with Crippen LogP contribution in [-0.4, -0.2) is 48.5 Å². The number of ether oxygens (including phenoxy) is 2. The second kappa shape index (κ2) is 11.0. The molecule has 0 saturated carbocycles. The van der Waals surface area contributed by atoms with Crippen molar-refractivity contribution in [1.82, 2.24) is 9.97 Å². The highest BCUT2D eigenvalue weighted by molar-refractivity contribution is 7.99. The summed E-state index contributed by atoms with van der Waals surface area (Å²) in [6.07, 6.45) is 0.226. The Morgan fingerprint density at radius 1 is 1.11 bits per heavy atom. The average molecular weight is 565 g/mol. The van der Waals surface area contributed by atoms with Crippen LogP contribution in [-0.2, 0) is 20.0 Å². The molecule has 0 spiro atoms. The van der Waals surface area contributed by atoms with Crippen LogP contribution in [0.25, 0.3) is 0 Å². The molecule has 12 heteroatoms. The summed E-state index contributed by atoms with van der Waals surface area (Å²) in [5.74, 6) is -0.799. The Kier molecular flexibility index (Phi) is 8.16. The molecule has 0 unspecified atom stereocenters. The number of carbonyl (C=O) groups is 1. The third-order valence-corrected chi connectivity index (χ3v) is 8.82. The maximum atomic E-state index is 14.0. The van der Waals surface area contributed by atoms with E-state index in [-0.39, 0.29) is 62.8 Å². The van der Waals surface area contributed by atoms with E-state index in [2.05, 4.69) is 9.97 Å². The number of nitrogens with zero attached hydrogens (tertiary/aromatic N) is 2. The zero-order chi connectivity index (χ0) is 26.8. The van der Waals surface area contributed by atoms with Crippen LogP contribution in [0.15, 0.2) is 52.5 Å². The fourth-order valence-electron chi connectivity index (χ4n) is 3.62. The molecule has 1 aromatic heterocycles. The number of halogens is 1. The fourth-order valence-corrected chi connectivity index (χ4v) is 7.32. The van der Waals surface area contributed by atoms with Gasteiger partial charge in [-0.25, -0.2) is 4.79 Å². The minimum atomic E-state index is -3.84. The highest BCUT2D eigenvalue weighted by Gasteiger charge is 2.41. The Bertz CT molecular complexity index is 1330. The van der Waals surface area contributed by atoms with Crippen molar-refractivity contribution in [2.75, 3.05) is 27.4 Å². The molecule has 196 valence electrons. The van der Waals surface area contributed by atoms with Crippen molar-refractivity contribution in [1.29, 1.82) is 0 Å². The number of carboxylic acids is 1. The van der Waals surface area contributed by atoms with Gasteiger partial charge in [0.1, 0.15) is 0 Å². The first-order valence-electron chi connectivity index (χ1n) is 11.2. The minimum absolute atomic E-state index is 0.0570. The van der Waals surface area contributed by atoms with Crippen molar-refractivity contribution in [3.63, 3.8) is 0 Å². The largest absolute Gasteiger partial charge is 0.481 e. The summed E-state index contributed by atoms with van der Waals surface area (Å²) in [5, 5.41) is 10.4. The third-order valence-electron chi connectivity index (χ3n) is 5.57. The summed E-state index contributed by atoms with van der Waals surface area (Å²) >= 11 is 7.70. The van der Waals surface area contributed by atoms with Crippen molar-refractivity contribution in [2.24, 2.45) is 5.41 Å². The van der Waals surface area contributed by atoms with E-state index in [4.69, 9.17) is 30.1 Å². The van der Waals surface area contributed by atoms with Gasteiger partial charge in [-0.15, -0.1) is 0 Å². The second-order valence-corrected chi connectivity index (χ2v) is 12.5. The first-order valence-corrected chi connectivity index (χ1v) is 14.0. The monoisotopic (exact) mass is 564 g/mol. The van der Waals surface area contributed by atoms with Crippen LogP contribution < -0.4 is 14.8 Å². The summed E-state index contributed by atoms with van der Waals surface area (Å²) in [4.78, 5) is 21.1. The van der Waals surface area contributed by atoms with Crippen molar-refractivity contribution in [3.05, 3.63) is 64.2 Å². The molecule has 1 aliphatic heterocycles. The molecule has 37 heavy (non-hydrogen) atoms. The van der Waals surface area contributed by atoms with Crippen LogP contribution in [0.5, 0.6) is 11.8 Å². The van der Waals surface area contributed by atoms with Gasteiger partial charge >= 0.3 is 13.6 Å². The van der Waals surface area contributed by atoms with Gasteiger partial charge in [-0.05, 0) is 35.4 Å². The second-order valence-electron chi connectivity index (χ2n) is 9.07. The normalized spacial score (nSPS) is 16.2. The maximum absolute atomic E-state index is 14.0. The van der Waals surface area contributed by atoms with Crippen molar-refractivity contribution < 1.29 is 33.0 Å². The molecule has 0 amide bonds. The van der Waals surface area contributed by atoms with E-state index in [0.717, 1.165) is 17.3 Å². The van der Waals surface area contributed by atoms with Gasteiger partial charge in [-0.2, -0.15) is 9.97 Å². The fraction of sp³-hybridized carbons (Fsp3) is 0.320. The van der Waals surface area contributed by atoms with E-state index in [0.29, 0.717) is 5.56 Å². The number of benzene rings is 2. The van der Waals surface area contributed by atoms with Crippen LogP contribution in [0, 0.1) is 5.41 Å². The summed E-state index contributed by atoms with van der Waals surface area (Å²) in [6, 6.07) is 12.3. The molecule has 4 rings (SSSR count). The van der Waals surface area contributed by atoms with Crippen LogP contribution in [0.4, 0.5) is 0 Å². The standard InChI is InChI=1S/C25H26ClN2O7PS/c1-25(2)13-34-36(31,35-14-25)17-11-18(37-24-27-19(32-3)12-20(28-24)33-4)21(23(29)30)22(26)16(17)10-15-8-6-5-7-9-15/h5-9,11-12H,10,13-14H2,1-4H3,(H,29,30). The summed E-state index contributed by atoms with van der Waals surface area (Å²) in [7, 11) is -0.957. The number of aromatic carboxylic acids is 1. The predicted molar refractivity (Wildman–Crippen MR) is 140 cm³/mol. The quantitative estimate of drug-likeness (QED) is 0.278. The SMILES string of the molecule is COc1cc(OC)nc(Sc2cc(P3(=O)OCC(C)(C)CO3)c(Cc3ccccc3)c(Cl)c2C(=O)O)n1. The molecule has 1 aliphatic rings. The van der Waals surface area contributed by atoms with Gasteiger partial charge in [-0.3, -0.25) is 4.57 Å². The van der Waals surface area contributed by atoms with Crippen molar-refractivity contribution in [2.45, 2.75) is 30.3 Å². The van der Waals surface area contributed by atoms with Gasteiger partial charge in [0.05, 0.1) is 49.4 Å². The molecule has 2 aromatic carbocycles. The summed E-state index contributed by atoms with van der Waals surface area (Å²) in [5.41, 5.74) is 0.714. The predicted octanol–water partition coefficient (Wildman–Crippen LogP) is 5.48. The van der Waals surface area contributed by atoms with Crippen LogP contribution in [0.2, 0.25) is 5.02 Å². The maximum Gasteiger partial charge on any atom is 0.361 e. The van der Waals surface area contributed by atoms with E-state index in [1.807, 2.05) is 44.2 Å². The molecule has 0 aliphatic carbocycles. The molecule has 2 heterocycles. The summed E-state index contributed by atoms with van der Waals surface area (Å²) in [6.45, 7) is 4.28. The molecule has 3 aromatic rings. The molecule has 1 N–H and O–H groups in total. The van der Waals surface area contributed by atoms with E-state index >= 15 is 0 Å². The first kappa shape index (κ1) is 27.4. The number of rotatable bonds is 8. The lowest BCUT2D eigenvalue weighted by Gasteiger charge is -2.35. The molecular weight excluding hydrogens is 539 g/mol. The van der Waals surface area contributed by atoms with Crippen LogP contribution in [0.3, 0.4) is 0 Å². The molecule has 1 fully saturated rings. The van der Waals surface area contributed by atoms with Crippen LogP contribution >= 0.6 is 31.0 Å². The molecule has 0 bridgehead atoms. The van der Waals surface area contributed by atoms with Crippen molar-refractivity contribution in [3.8, 4) is 11.8 Å². The van der Waals surface area contributed by atoms with E-state index in [9.17, 15) is 14.5 Å². The Balaban J connectivity index is 1.90. The van der Waals surface area contributed by atoms with Crippen molar-refractivity contribution >= 4 is 42.2 Å². The Morgan fingerprint density at radius 3 is 2.24 bits per heavy atom. The van der Waals surface area contributed by atoms with Gasteiger partial charge < -0.3 is 23.6 Å². The Hall–Kier alpha value is -2.62. The molecule has 0 radical (unpaired) electrons. The van der Waals surface area contributed by atoms with Gasteiger partial charge in [0.15, 0.2) is 5.16 Å². The lowest BCUT2D eigenvalue weighted by Crippen LogP contribution is -2.33. The zero-order valence-corrected chi connectivity index (χ0v) is 23.2. The number of methoxy groups -OCH3 is 2. The summed E-state index contributed by atoms with van der Waals surface area (Å²) < 4.78 is 36.1. The average Bonchev–Trinajstić information content (AvgIpc) is 2.87. The zero-order valence-electron chi connectivity index (χ0n) is 20.7. The highest BCUT2D eigenvalue weighted by Crippen LogP contribution is 2.55. The van der Waals surface area contributed by atoms with Gasteiger partial charge in [0, 0.05) is 10.3 Å². The van der Waals surface area contributed by atoms with Gasteiger partial charge in [-0.1, -0.05) is 55.8 Å². The smallest absolute Gasteiger partial charge is 0.361 e. The van der Waals surface area contributed by atoms with Gasteiger partial charge in [0.2, 0.25) is 11.8 Å². The number of aromatic nitrogens is 2. The molecule has 0 atom stereocenters. The minimum Gasteiger partial charge on any atom is -0.481 e. The topological polar surface area (TPSA) is 117 Å². The lowest BCUT2D eigenvalue weighted by atomic mass is 9.97. The van der Waals surface area contributed by atoms with E-state index in [1.165, 1.54) is 26.4 Å².